The Morgan fingerprint density at radius 3 is 2.66 bits per heavy atom. The number of unbranched alkanes of at least 4 members (excludes halogenated alkanes) is 2. The fourth-order valence-corrected chi connectivity index (χ4v) is 2.99. The van der Waals surface area contributed by atoms with E-state index in [2.05, 4.69) is 12.1 Å². The van der Waals surface area contributed by atoms with Crippen LogP contribution in [0.15, 0.2) is 53.1 Å². The first-order valence-corrected chi connectivity index (χ1v) is 10.3. The highest BCUT2D eigenvalue weighted by atomic mass is 19.1. The number of rotatable bonds is 11. The third-order valence-electron chi connectivity index (χ3n) is 4.58. The number of nitrogens with zero attached hydrogens (tertiary/aromatic N) is 1. The summed E-state index contributed by atoms with van der Waals surface area (Å²) in [5.41, 5.74) is 2.48. The second-order valence-corrected chi connectivity index (χ2v) is 7.07. The number of hydrogen-bond donors (Lipinski definition) is 0. The molecule has 29 heavy (non-hydrogen) atoms. The minimum Gasteiger partial charge on any atom is -0.491 e. The lowest BCUT2D eigenvalue weighted by Gasteiger charge is -2.10. The molecule has 0 atom stereocenters. The molecule has 0 radical (unpaired) electrons. The van der Waals surface area contributed by atoms with Gasteiger partial charge < -0.3 is 14.0 Å². The van der Waals surface area contributed by atoms with Crippen molar-refractivity contribution in [3.8, 4) is 22.8 Å². The van der Waals surface area contributed by atoms with Crippen LogP contribution in [0.25, 0.3) is 11.3 Å². The van der Waals surface area contributed by atoms with Crippen LogP contribution in [0.1, 0.15) is 50.9 Å². The summed E-state index contributed by atoms with van der Waals surface area (Å²) in [5, 5.41) is 4.18. The number of ether oxygens (including phenoxy) is 2. The summed E-state index contributed by atoms with van der Waals surface area (Å²) in [6, 6.07) is 14.6. The molecule has 0 bridgehead atoms. The molecule has 0 aliphatic rings. The largest absolute Gasteiger partial charge is 0.491 e. The van der Waals surface area contributed by atoms with Gasteiger partial charge in [0.1, 0.15) is 23.8 Å². The van der Waals surface area contributed by atoms with Gasteiger partial charge in [-0.2, -0.15) is 0 Å². The SMILES string of the molecule is CCCCCc1cc(-c2cccc(OCc3ccc(OCCC)c(F)c3)c2)no1. The molecule has 0 amide bonds. The lowest BCUT2D eigenvalue weighted by atomic mass is 10.1. The highest BCUT2D eigenvalue weighted by Gasteiger charge is 2.09. The lowest BCUT2D eigenvalue weighted by molar-refractivity contribution is 0.295. The van der Waals surface area contributed by atoms with E-state index in [9.17, 15) is 4.39 Å². The van der Waals surface area contributed by atoms with Crippen LogP contribution >= 0.6 is 0 Å². The van der Waals surface area contributed by atoms with Gasteiger partial charge >= 0.3 is 0 Å². The molecule has 1 aromatic heterocycles. The zero-order chi connectivity index (χ0) is 20.5. The molecule has 2 aromatic carbocycles. The number of hydrogen-bond acceptors (Lipinski definition) is 4. The molecule has 0 aliphatic heterocycles. The Bertz CT molecular complexity index is 907. The number of benzene rings is 2. The van der Waals surface area contributed by atoms with Crippen LogP contribution in [0, 0.1) is 5.82 Å². The molecule has 0 saturated heterocycles. The maximum Gasteiger partial charge on any atom is 0.165 e. The molecule has 5 heteroatoms. The first kappa shape index (κ1) is 20.9. The van der Waals surface area contributed by atoms with E-state index >= 15 is 0 Å². The van der Waals surface area contributed by atoms with Crippen molar-refractivity contribution in [2.45, 2.75) is 52.6 Å². The Hall–Kier alpha value is -2.82. The predicted molar refractivity (Wildman–Crippen MR) is 112 cm³/mol. The Morgan fingerprint density at radius 2 is 1.86 bits per heavy atom. The highest BCUT2D eigenvalue weighted by Crippen LogP contribution is 2.25. The van der Waals surface area contributed by atoms with Crippen molar-refractivity contribution in [3.05, 3.63) is 65.7 Å². The Morgan fingerprint density at radius 1 is 0.966 bits per heavy atom. The van der Waals surface area contributed by atoms with Crippen LogP contribution < -0.4 is 9.47 Å². The Balaban J connectivity index is 1.61. The fourth-order valence-electron chi connectivity index (χ4n) is 2.99. The lowest BCUT2D eigenvalue weighted by Crippen LogP contribution is -2.00. The smallest absolute Gasteiger partial charge is 0.165 e. The molecule has 3 rings (SSSR count). The van der Waals surface area contributed by atoms with Crippen LogP contribution in [-0.4, -0.2) is 11.8 Å². The van der Waals surface area contributed by atoms with Crippen LogP contribution in [0.5, 0.6) is 11.5 Å². The number of halogens is 1. The molecule has 4 nitrogen and oxygen atoms in total. The van der Waals surface area contributed by atoms with Gasteiger partial charge in [-0.1, -0.05) is 50.0 Å². The van der Waals surface area contributed by atoms with Crippen molar-refractivity contribution in [1.82, 2.24) is 5.16 Å². The zero-order valence-electron chi connectivity index (χ0n) is 17.1. The summed E-state index contributed by atoms with van der Waals surface area (Å²) in [6.45, 7) is 4.94. The average molecular weight is 397 g/mol. The van der Waals surface area contributed by atoms with E-state index in [1.54, 1.807) is 6.07 Å². The first-order chi connectivity index (χ1) is 14.2. The molecule has 0 unspecified atom stereocenters. The average Bonchev–Trinajstić information content (AvgIpc) is 3.21. The van der Waals surface area contributed by atoms with Gasteiger partial charge in [-0.15, -0.1) is 0 Å². The van der Waals surface area contributed by atoms with E-state index < -0.39 is 0 Å². The predicted octanol–water partition coefficient (Wildman–Crippen LogP) is 6.58. The third kappa shape index (κ3) is 6.08. The summed E-state index contributed by atoms with van der Waals surface area (Å²) >= 11 is 0. The van der Waals surface area contributed by atoms with Gasteiger partial charge in [-0.05, 0) is 42.7 Å². The van der Waals surface area contributed by atoms with Gasteiger partial charge in [0, 0.05) is 18.1 Å². The van der Waals surface area contributed by atoms with Gasteiger partial charge in [0.2, 0.25) is 0 Å². The Labute approximate surface area is 171 Å². The van der Waals surface area contributed by atoms with Crippen LogP contribution in [0.3, 0.4) is 0 Å². The zero-order valence-corrected chi connectivity index (χ0v) is 17.1. The van der Waals surface area contributed by atoms with Gasteiger partial charge in [0.25, 0.3) is 0 Å². The molecule has 0 saturated carbocycles. The summed E-state index contributed by atoms with van der Waals surface area (Å²) in [6.07, 6.45) is 5.21. The molecule has 154 valence electrons. The molecule has 0 fully saturated rings. The second kappa shape index (κ2) is 10.6. The van der Waals surface area contributed by atoms with Crippen molar-refractivity contribution in [2.75, 3.05) is 6.61 Å². The van der Waals surface area contributed by atoms with Crippen molar-refractivity contribution < 1.29 is 18.4 Å². The maximum absolute atomic E-state index is 14.1. The van der Waals surface area contributed by atoms with Crippen LogP contribution in [0.4, 0.5) is 4.39 Å². The molecular weight excluding hydrogens is 369 g/mol. The van der Waals surface area contributed by atoms with E-state index in [1.165, 1.54) is 18.9 Å². The van der Waals surface area contributed by atoms with Gasteiger partial charge in [-0.3, -0.25) is 0 Å². The molecule has 0 spiro atoms. The van der Waals surface area contributed by atoms with Crippen molar-refractivity contribution in [3.63, 3.8) is 0 Å². The van der Waals surface area contributed by atoms with E-state index in [0.29, 0.717) is 12.4 Å². The van der Waals surface area contributed by atoms with Crippen molar-refractivity contribution >= 4 is 0 Å². The standard InChI is InChI=1S/C24H28FNO3/c1-3-5-6-9-21-16-23(26-29-21)19-8-7-10-20(15-19)28-17-18-11-12-24(22(25)14-18)27-13-4-2/h7-8,10-12,14-16H,3-6,9,13,17H2,1-2H3. The molecule has 3 aromatic rings. The minimum absolute atomic E-state index is 0.273. The number of aromatic nitrogens is 1. The second-order valence-electron chi connectivity index (χ2n) is 7.07. The fraction of sp³-hybridized carbons (Fsp3) is 0.375. The van der Waals surface area contributed by atoms with E-state index in [0.717, 1.165) is 41.8 Å². The van der Waals surface area contributed by atoms with E-state index in [-0.39, 0.29) is 18.2 Å². The first-order valence-electron chi connectivity index (χ1n) is 10.3. The van der Waals surface area contributed by atoms with Gasteiger partial charge in [-0.25, -0.2) is 4.39 Å². The minimum atomic E-state index is -0.369. The molecule has 1 heterocycles. The molecule has 0 N–H and O–H groups in total. The van der Waals surface area contributed by atoms with Crippen LogP contribution in [0.2, 0.25) is 0 Å². The summed E-state index contributed by atoms with van der Waals surface area (Å²) in [5.74, 6) is 1.51. The van der Waals surface area contributed by atoms with E-state index in [4.69, 9.17) is 14.0 Å². The topological polar surface area (TPSA) is 44.5 Å². The molecular formula is C24H28FNO3. The van der Waals surface area contributed by atoms with Crippen LogP contribution in [-0.2, 0) is 13.0 Å². The summed E-state index contributed by atoms with van der Waals surface area (Å²) in [7, 11) is 0. The Kier molecular flexibility index (Phi) is 7.68. The van der Waals surface area contributed by atoms with Crippen molar-refractivity contribution in [2.24, 2.45) is 0 Å². The quantitative estimate of drug-likeness (QED) is 0.343. The van der Waals surface area contributed by atoms with Gasteiger partial charge in [0.15, 0.2) is 11.6 Å². The van der Waals surface area contributed by atoms with Gasteiger partial charge in [0.05, 0.1) is 6.61 Å². The number of aryl methyl sites for hydroxylation is 1. The summed E-state index contributed by atoms with van der Waals surface area (Å²) in [4.78, 5) is 0. The maximum atomic E-state index is 14.1. The monoisotopic (exact) mass is 397 g/mol. The normalized spacial score (nSPS) is 10.9. The third-order valence-corrected chi connectivity index (χ3v) is 4.58. The summed E-state index contributed by atoms with van der Waals surface area (Å²) < 4.78 is 30.8. The van der Waals surface area contributed by atoms with Crippen molar-refractivity contribution in [1.29, 1.82) is 0 Å². The highest BCUT2D eigenvalue weighted by molar-refractivity contribution is 5.60. The molecule has 0 aliphatic carbocycles. The van der Waals surface area contributed by atoms with E-state index in [1.807, 2.05) is 43.3 Å².